The van der Waals surface area contributed by atoms with Gasteiger partial charge in [0.05, 0.1) is 0 Å². The second-order valence-corrected chi connectivity index (χ2v) is 6.79. The molecule has 1 saturated carbocycles. The summed E-state index contributed by atoms with van der Waals surface area (Å²) >= 11 is 0. The van der Waals surface area contributed by atoms with E-state index in [4.69, 9.17) is 5.73 Å². The van der Waals surface area contributed by atoms with Crippen LogP contribution in [-0.4, -0.2) is 6.04 Å². The lowest BCUT2D eigenvalue weighted by Gasteiger charge is -2.32. The Hall–Kier alpha value is -0.820. The van der Waals surface area contributed by atoms with E-state index in [2.05, 4.69) is 45.9 Å². The lowest BCUT2D eigenvalue weighted by atomic mass is 9.76. The third-order valence-corrected chi connectivity index (χ3v) is 4.82. The zero-order valence-corrected chi connectivity index (χ0v) is 12.3. The smallest absolute Gasteiger partial charge is 0.0113 e. The molecule has 0 aromatic heterocycles. The fourth-order valence-corrected chi connectivity index (χ4v) is 3.56. The van der Waals surface area contributed by atoms with Crippen molar-refractivity contribution in [2.45, 2.75) is 59.4 Å². The molecule has 1 aromatic carbocycles. The Kier molecular flexibility index (Phi) is 3.82. The van der Waals surface area contributed by atoms with Crippen LogP contribution in [0.15, 0.2) is 18.2 Å². The molecule has 0 spiro atoms. The van der Waals surface area contributed by atoms with Gasteiger partial charge in [-0.2, -0.15) is 0 Å². The van der Waals surface area contributed by atoms with Gasteiger partial charge in [-0.25, -0.2) is 0 Å². The van der Waals surface area contributed by atoms with Gasteiger partial charge in [0, 0.05) is 6.04 Å². The summed E-state index contributed by atoms with van der Waals surface area (Å²) in [6.07, 6.45) is 5.01. The number of benzene rings is 1. The minimum atomic E-state index is 0.308. The molecule has 1 nitrogen and oxygen atoms in total. The fourth-order valence-electron chi connectivity index (χ4n) is 3.56. The lowest BCUT2D eigenvalue weighted by molar-refractivity contribution is 0.220. The quantitative estimate of drug-likeness (QED) is 0.856. The molecule has 1 aliphatic carbocycles. The maximum Gasteiger partial charge on any atom is 0.0113 e. The second kappa shape index (κ2) is 5.05. The van der Waals surface area contributed by atoms with E-state index in [-0.39, 0.29) is 0 Å². The van der Waals surface area contributed by atoms with Crippen LogP contribution in [0.1, 0.15) is 49.8 Å². The minimum absolute atomic E-state index is 0.308. The van der Waals surface area contributed by atoms with Crippen LogP contribution in [0.2, 0.25) is 0 Å². The Balaban J connectivity index is 2.11. The third-order valence-electron chi connectivity index (χ3n) is 4.82. The van der Waals surface area contributed by atoms with Gasteiger partial charge in [0.1, 0.15) is 0 Å². The summed E-state index contributed by atoms with van der Waals surface area (Å²) < 4.78 is 0. The maximum absolute atomic E-state index is 6.51. The van der Waals surface area contributed by atoms with Crippen molar-refractivity contribution in [2.75, 3.05) is 0 Å². The Morgan fingerprint density at radius 3 is 2.67 bits per heavy atom. The van der Waals surface area contributed by atoms with E-state index in [0.717, 1.165) is 6.42 Å². The molecule has 18 heavy (non-hydrogen) atoms. The van der Waals surface area contributed by atoms with Crippen molar-refractivity contribution in [1.29, 1.82) is 0 Å². The molecule has 1 fully saturated rings. The Morgan fingerprint density at radius 2 is 2.06 bits per heavy atom. The molecule has 2 unspecified atom stereocenters. The van der Waals surface area contributed by atoms with Gasteiger partial charge in [-0.3, -0.25) is 0 Å². The van der Waals surface area contributed by atoms with E-state index in [1.165, 1.54) is 36.0 Å². The first-order valence-corrected chi connectivity index (χ1v) is 7.22. The topological polar surface area (TPSA) is 26.0 Å². The van der Waals surface area contributed by atoms with Crippen LogP contribution in [0.3, 0.4) is 0 Å². The SMILES string of the molecule is Cc1ccc(C)c(CC(N)C2CCCC2(C)C)c1. The number of hydrogen-bond acceptors (Lipinski definition) is 1. The zero-order valence-electron chi connectivity index (χ0n) is 12.3. The van der Waals surface area contributed by atoms with Crippen molar-refractivity contribution < 1.29 is 0 Å². The molecule has 0 aliphatic heterocycles. The van der Waals surface area contributed by atoms with Gasteiger partial charge < -0.3 is 5.73 Å². The molecule has 100 valence electrons. The van der Waals surface area contributed by atoms with Gasteiger partial charge in [0.2, 0.25) is 0 Å². The highest BCUT2D eigenvalue weighted by atomic mass is 14.7. The van der Waals surface area contributed by atoms with Crippen LogP contribution in [0, 0.1) is 25.2 Å². The molecule has 1 aliphatic rings. The summed E-state index contributed by atoms with van der Waals surface area (Å²) in [6.45, 7) is 9.12. The Bertz CT molecular complexity index is 420. The Labute approximate surface area is 112 Å². The largest absolute Gasteiger partial charge is 0.327 e. The molecular formula is C17H27N. The molecule has 0 bridgehead atoms. The van der Waals surface area contributed by atoms with Crippen molar-refractivity contribution >= 4 is 0 Å². The molecule has 1 aromatic rings. The Morgan fingerprint density at radius 1 is 1.33 bits per heavy atom. The standard InChI is InChI=1S/C17H27N/c1-12-7-8-13(2)14(10-12)11-16(18)15-6-5-9-17(15,3)4/h7-8,10,15-16H,5-6,9,11,18H2,1-4H3. The van der Waals surface area contributed by atoms with Gasteiger partial charge >= 0.3 is 0 Å². The maximum atomic E-state index is 6.51. The molecule has 0 heterocycles. The number of nitrogens with two attached hydrogens (primary N) is 1. The second-order valence-electron chi connectivity index (χ2n) is 6.79. The van der Waals surface area contributed by atoms with E-state index in [1.807, 2.05) is 0 Å². The van der Waals surface area contributed by atoms with Crippen molar-refractivity contribution in [3.8, 4) is 0 Å². The third kappa shape index (κ3) is 2.77. The first kappa shape index (κ1) is 13.6. The average molecular weight is 245 g/mol. The summed E-state index contributed by atoms with van der Waals surface area (Å²) in [5.41, 5.74) is 11.1. The molecule has 2 atom stereocenters. The van der Waals surface area contributed by atoms with Crippen LogP contribution < -0.4 is 5.73 Å². The van der Waals surface area contributed by atoms with E-state index in [1.54, 1.807) is 0 Å². The van der Waals surface area contributed by atoms with Gasteiger partial charge in [0.15, 0.2) is 0 Å². The molecule has 1 heteroatoms. The van der Waals surface area contributed by atoms with Gasteiger partial charge in [-0.1, -0.05) is 44.0 Å². The molecular weight excluding hydrogens is 218 g/mol. The van der Waals surface area contributed by atoms with Crippen LogP contribution >= 0.6 is 0 Å². The number of aryl methyl sites for hydroxylation is 2. The molecule has 2 rings (SSSR count). The van der Waals surface area contributed by atoms with E-state index >= 15 is 0 Å². The predicted octanol–water partition coefficient (Wildman–Crippen LogP) is 4.00. The molecule has 0 radical (unpaired) electrons. The lowest BCUT2D eigenvalue weighted by Crippen LogP contribution is -2.38. The van der Waals surface area contributed by atoms with Gasteiger partial charge in [0.25, 0.3) is 0 Å². The highest BCUT2D eigenvalue weighted by Gasteiger charge is 2.37. The summed E-state index contributed by atoms with van der Waals surface area (Å²) in [5, 5.41) is 0. The first-order valence-electron chi connectivity index (χ1n) is 7.22. The van der Waals surface area contributed by atoms with E-state index < -0.39 is 0 Å². The normalized spacial score (nSPS) is 24.2. The zero-order chi connectivity index (χ0) is 13.3. The van der Waals surface area contributed by atoms with Crippen LogP contribution in [-0.2, 0) is 6.42 Å². The van der Waals surface area contributed by atoms with E-state index in [0.29, 0.717) is 17.4 Å². The molecule has 0 amide bonds. The van der Waals surface area contributed by atoms with Crippen molar-refractivity contribution in [2.24, 2.45) is 17.1 Å². The average Bonchev–Trinajstić information content (AvgIpc) is 2.63. The summed E-state index contributed by atoms with van der Waals surface area (Å²) in [5.74, 6) is 0.678. The monoisotopic (exact) mass is 245 g/mol. The molecule has 2 N–H and O–H groups in total. The predicted molar refractivity (Wildman–Crippen MR) is 78.7 cm³/mol. The number of hydrogen-bond donors (Lipinski definition) is 1. The first-order chi connectivity index (χ1) is 8.40. The highest BCUT2D eigenvalue weighted by molar-refractivity contribution is 5.31. The van der Waals surface area contributed by atoms with Crippen LogP contribution in [0.4, 0.5) is 0 Å². The summed E-state index contributed by atoms with van der Waals surface area (Å²) in [4.78, 5) is 0. The summed E-state index contributed by atoms with van der Waals surface area (Å²) in [6, 6.07) is 7.01. The van der Waals surface area contributed by atoms with E-state index in [9.17, 15) is 0 Å². The van der Waals surface area contributed by atoms with Crippen molar-refractivity contribution in [3.05, 3.63) is 34.9 Å². The van der Waals surface area contributed by atoms with Gasteiger partial charge in [-0.05, 0) is 55.6 Å². The van der Waals surface area contributed by atoms with Crippen LogP contribution in [0.5, 0.6) is 0 Å². The fraction of sp³-hybridized carbons (Fsp3) is 0.647. The van der Waals surface area contributed by atoms with Crippen LogP contribution in [0.25, 0.3) is 0 Å². The number of rotatable bonds is 3. The highest BCUT2D eigenvalue weighted by Crippen LogP contribution is 2.44. The minimum Gasteiger partial charge on any atom is -0.327 e. The van der Waals surface area contributed by atoms with Crippen molar-refractivity contribution in [3.63, 3.8) is 0 Å². The van der Waals surface area contributed by atoms with Crippen molar-refractivity contribution in [1.82, 2.24) is 0 Å². The van der Waals surface area contributed by atoms with Gasteiger partial charge in [-0.15, -0.1) is 0 Å². The molecule has 0 saturated heterocycles. The summed E-state index contributed by atoms with van der Waals surface area (Å²) in [7, 11) is 0.